The SMILES string of the molecule is C[C@H]1OCCN[C@@H]1C(=O)N1CCN(C(=O)C(C)(C)C)CC1.Cl. The molecule has 0 saturated carbocycles. The summed E-state index contributed by atoms with van der Waals surface area (Å²) in [7, 11) is 0. The van der Waals surface area contributed by atoms with Gasteiger partial charge in [-0.05, 0) is 6.92 Å². The maximum absolute atomic E-state index is 12.5. The molecule has 0 aliphatic carbocycles. The molecule has 0 bridgehead atoms. The first kappa shape index (κ1) is 19.2. The van der Waals surface area contributed by atoms with Gasteiger partial charge in [0.1, 0.15) is 6.04 Å². The van der Waals surface area contributed by atoms with Gasteiger partial charge in [-0.25, -0.2) is 0 Å². The molecule has 0 radical (unpaired) electrons. The van der Waals surface area contributed by atoms with Gasteiger partial charge in [-0.15, -0.1) is 12.4 Å². The molecule has 2 aliphatic heterocycles. The summed E-state index contributed by atoms with van der Waals surface area (Å²) in [5.41, 5.74) is -0.362. The summed E-state index contributed by atoms with van der Waals surface area (Å²) in [6.45, 7) is 11.5. The van der Waals surface area contributed by atoms with Crippen LogP contribution in [0.5, 0.6) is 0 Å². The van der Waals surface area contributed by atoms with Crippen LogP contribution in [0.3, 0.4) is 0 Å². The maximum Gasteiger partial charge on any atom is 0.242 e. The molecule has 6 nitrogen and oxygen atoms in total. The molecule has 2 aliphatic rings. The van der Waals surface area contributed by atoms with Crippen LogP contribution in [0.4, 0.5) is 0 Å². The summed E-state index contributed by atoms with van der Waals surface area (Å²) < 4.78 is 5.53. The zero-order valence-electron chi connectivity index (χ0n) is 13.9. The van der Waals surface area contributed by atoms with Crippen molar-refractivity contribution >= 4 is 24.2 Å². The monoisotopic (exact) mass is 333 g/mol. The molecule has 2 fully saturated rings. The zero-order valence-corrected chi connectivity index (χ0v) is 14.7. The van der Waals surface area contributed by atoms with Crippen molar-refractivity contribution in [2.24, 2.45) is 5.41 Å². The summed E-state index contributed by atoms with van der Waals surface area (Å²) in [4.78, 5) is 28.5. The van der Waals surface area contributed by atoms with E-state index in [0.717, 1.165) is 0 Å². The van der Waals surface area contributed by atoms with Gasteiger partial charge in [0.15, 0.2) is 0 Å². The van der Waals surface area contributed by atoms with Crippen LogP contribution in [0, 0.1) is 5.41 Å². The Bertz CT molecular complexity index is 403. The first-order valence-corrected chi connectivity index (χ1v) is 7.74. The van der Waals surface area contributed by atoms with Crippen LogP contribution in [0.2, 0.25) is 0 Å². The van der Waals surface area contributed by atoms with Crippen molar-refractivity contribution in [1.29, 1.82) is 0 Å². The normalized spacial score (nSPS) is 26.4. The lowest BCUT2D eigenvalue weighted by molar-refractivity contribution is -0.148. The van der Waals surface area contributed by atoms with E-state index >= 15 is 0 Å². The van der Waals surface area contributed by atoms with E-state index in [1.165, 1.54) is 0 Å². The number of halogens is 1. The predicted octanol–water partition coefficient (Wildman–Crippen LogP) is 0.502. The number of nitrogens with zero attached hydrogens (tertiary/aromatic N) is 2. The first-order chi connectivity index (χ1) is 9.80. The molecule has 0 unspecified atom stereocenters. The third-order valence-electron chi connectivity index (χ3n) is 4.10. The van der Waals surface area contributed by atoms with Gasteiger partial charge in [0.25, 0.3) is 0 Å². The van der Waals surface area contributed by atoms with E-state index in [1.54, 1.807) is 0 Å². The number of rotatable bonds is 1. The van der Waals surface area contributed by atoms with Crippen LogP contribution in [-0.2, 0) is 14.3 Å². The van der Waals surface area contributed by atoms with E-state index in [-0.39, 0.29) is 41.8 Å². The van der Waals surface area contributed by atoms with Gasteiger partial charge < -0.3 is 19.9 Å². The number of nitrogens with one attached hydrogen (secondary N) is 1. The van der Waals surface area contributed by atoms with Crippen LogP contribution in [0.1, 0.15) is 27.7 Å². The molecule has 2 heterocycles. The molecule has 0 aromatic rings. The Morgan fingerprint density at radius 3 is 2.14 bits per heavy atom. The van der Waals surface area contributed by atoms with Crippen molar-refractivity contribution in [3.63, 3.8) is 0 Å². The van der Waals surface area contributed by atoms with Gasteiger partial charge in [-0.3, -0.25) is 9.59 Å². The molecule has 2 atom stereocenters. The smallest absolute Gasteiger partial charge is 0.242 e. The quantitative estimate of drug-likeness (QED) is 0.759. The molecule has 0 aromatic carbocycles. The van der Waals surface area contributed by atoms with Crippen molar-refractivity contribution in [1.82, 2.24) is 15.1 Å². The lowest BCUT2D eigenvalue weighted by Crippen LogP contribution is -2.60. The molecule has 1 N–H and O–H groups in total. The van der Waals surface area contributed by atoms with Gasteiger partial charge in [0.2, 0.25) is 11.8 Å². The third kappa shape index (κ3) is 4.33. The molecule has 128 valence electrons. The fraction of sp³-hybridized carbons (Fsp3) is 0.867. The number of ether oxygens (including phenoxy) is 1. The number of carbonyl (C=O) groups is 2. The number of hydrogen-bond acceptors (Lipinski definition) is 4. The number of piperazine rings is 1. The minimum absolute atomic E-state index is 0. The Morgan fingerprint density at radius 2 is 1.64 bits per heavy atom. The molecular weight excluding hydrogens is 306 g/mol. The van der Waals surface area contributed by atoms with Crippen LogP contribution >= 0.6 is 12.4 Å². The summed E-state index contributed by atoms with van der Waals surface area (Å²) in [5.74, 6) is 0.243. The zero-order chi connectivity index (χ0) is 15.6. The van der Waals surface area contributed by atoms with Crippen LogP contribution in [0.25, 0.3) is 0 Å². The van der Waals surface area contributed by atoms with Crippen molar-refractivity contribution in [2.45, 2.75) is 39.8 Å². The van der Waals surface area contributed by atoms with Crippen molar-refractivity contribution in [3.05, 3.63) is 0 Å². The van der Waals surface area contributed by atoms with E-state index < -0.39 is 0 Å². The highest BCUT2D eigenvalue weighted by Gasteiger charge is 2.35. The third-order valence-corrected chi connectivity index (χ3v) is 4.10. The lowest BCUT2D eigenvalue weighted by Gasteiger charge is -2.40. The molecule has 2 rings (SSSR count). The summed E-state index contributed by atoms with van der Waals surface area (Å²) in [6, 6.07) is -0.261. The molecule has 2 saturated heterocycles. The average molecular weight is 334 g/mol. The van der Waals surface area contributed by atoms with Crippen LogP contribution in [0.15, 0.2) is 0 Å². The highest BCUT2D eigenvalue weighted by atomic mass is 35.5. The molecule has 0 spiro atoms. The first-order valence-electron chi connectivity index (χ1n) is 7.74. The van der Waals surface area contributed by atoms with Crippen molar-refractivity contribution < 1.29 is 14.3 Å². The number of carbonyl (C=O) groups excluding carboxylic acids is 2. The molecule has 2 amide bonds. The van der Waals surface area contributed by atoms with Crippen molar-refractivity contribution in [3.8, 4) is 0 Å². The largest absolute Gasteiger partial charge is 0.375 e. The summed E-state index contributed by atoms with van der Waals surface area (Å²) >= 11 is 0. The Hall–Kier alpha value is -0.850. The Labute approximate surface area is 138 Å². The Morgan fingerprint density at radius 1 is 1.09 bits per heavy atom. The average Bonchev–Trinajstić information content (AvgIpc) is 2.45. The van der Waals surface area contributed by atoms with Gasteiger partial charge in [0, 0.05) is 38.1 Å². The topological polar surface area (TPSA) is 61.9 Å². The van der Waals surface area contributed by atoms with E-state index in [2.05, 4.69) is 5.32 Å². The second-order valence-corrected chi connectivity index (χ2v) is 6.88. The van der Waals surface area contributed by atoms with Gasteiger partial charge >= 0.3 is 0 Å². The van der Waals surface area contributed by atoms with E-state index in [1.807, 2.05) is 37.5 Å². The molecule has 0 aromatic heterocycles. The lowest BCUT2D eigenvalue weighted by atomic mass is 9.94. The fourth-order valence-electron chi connectivity index (χ4n) is 2.81. The number of amides is 2. The summed E-state index contributed by atoms with van der Waals surface area (Å²) in [5, 5.41) is 3.23. The second kappa shape index (κ2) is 7.62. The van der Waals surface area contributed by atoms with Gasteiger partial charge in [-0.1, -0.05) is 20.8 Å². The fourth-order valence-corrected chi connectivity index (χ4v) is 2.81. The number of morpholine rings is 1. The number of hydrogen-bond donors (Lipinski definition) is 1. The van der Waals surface area contributed by atoms with E-state index in [4.69, 9.17) is 4.74 Å². The van der Waals surface area contributed by atoms with Gasteiger partial charge in [-0.2, -0.15) is 0 Å². The molecular formula is C15H28ClN3O3. The highest BCUT2D eigenvalue weighted by Crippen LogP contribution is 2.19. The van der Waals surface area contributed by atoms with E-state index in [9.17, 15) is 9.59 Å². The minimum atomic E-state index is -0.362. The molecule has 22 heavy (non-hydrogen) atoms. The Balaban J connectivity index is 0.00000242. The predicted molar refractivity (Wildman–Crippen MR) is 87.1 cm³/mol. The standard InChI is InChI=1S/C15H27N3O3.ClH/c1-11-12(16-5-10-21-11)13(19)17-6-8-18(9-7-17)14(20)15(2,3)4;/h11-12,16H,5-10H2,1-4H3;1H/t11-,12+;/m1./s1. The summed E-state index contributed by atoms with van der Waals surface area (Å²) in [6.07, 6.45) is -0.0968. The molecule has 7 heteroatoms. The highest BCUT2D eigenvalue weighted by molar-refractivity contribution is 5.85. The van der Waals surface area contributed by atoms with Crippen LogP contribution in [-0.4, -0.2) is 73.1 Å². The maximum atomic E-state index is 12.5. The van der Waals surface area contributed by atoms with Crippen molar-refractivity contribution in [2.75, 3.05) is 39.3 Å². The minimum Gasteiger partial charge on any atom is -0.375 e. The van der Waals surface area contributed by atoms with Gasteiger partial charge in [0.05, 0.1) is 12.7 Å². The second-order valence-electron chi connectivity index (χ2n) is 6.88. The Kier molecular flexibility index (Phi) is 6.65. The van der Waals surface area contributed by atoms with Crippen LogP contribution < -0.4 is 5.32 Å². The van der Waals surface area contributed by atoms with E-state index in [0.29, 0.717) is 39.3 Å².